The van der Waals surface area contributed by atoms with Crippen molar-refractivity contribution in [2.75, 3.05) is 57.8 Å². The number of anilines is 1. The number of rotatable bonds is 11. The van der Waals surface area contributed by atoms with Gasteiger partial charge in [-0.05, 0) is 60.7 Å². The van der Waals surface area contributed by atoms with Crippen molar-refractivity contribution in [2.24, 2.45) is 11.6 Å². The van der Waals surface area contributed by atoms with Crippen molar-refractivity contribution in [2.45, 2.75) is 31.8 Å². The monoisotopic (exact) mass is 694 g/mol. The first kappa shape index (κ1) is 33.9. The van der Waals surface area contributed by atoms with E-state index < -0.39 is 5.82 Å². The normalized spacial score (nSPS) is 16.5. The summed E-state index contributed by atoms with van der Waals surface area (Å²) < 4.78 is 28.5. The number of hydrogen-bond donors (Lipinski definition) is 3. The van der Waals surface area contributed by atoms with E-state index in [1.807, 2.05) is 42.5 Å². The molecule has 2 aromatic heterocycles. The largest absolute Gasteiger partial charge is 0.496 e. The quantitative estimate of drug-likeness (QED) is 0.153. The van der Waals surface area contributed by atoms with Crippen molar-refractivity contribution in [1.82, 2.24) is 24.8 Å². The summed E-state index contributed by atoms with van der Waals surface area (Å²) in [4.78, 5) is 40.5. The Labute approximate surface area is 296 Å². The molecular weight excluding hydrogens is 651 g/mol. The molecule has 0 radical (unpaired) electrons. The lowest BCUT2D eigenvalue weighted by atomic mass is 9.93. The minimum atomic E-state index is -0.479. The van der Waals surface area contributed by atoms with Crippen LogP contribution >= 0.6 is 0 Å². The molecule has 4 aromatic rings. The van der Waals surface area contributed by atoms with Gasteiger partial charge >= 0.3 is 0 Å². The summed E-state index contributed by atoms with van der Waals surface area (Å²) in [6, 6.07) is 14.9. The van der Waals surface area contributed by atoms with E-state index in [2.05, 4.69) is 14.9 Å². The van der Waals surface area contributed by atoms with Crippen molar-refractivity contribution >= 4 is 34.1 Å². The summed E-state index contributed by atoms with van der Waals surface area (Å²) in [6.07, 6.45) is 9.67. The van der Waals surface area contributed by atoms with Crippen LogP contribution in [0.3, 0.4) is 0 Å². The second-order valence-corrected chi connectivity index (χ2v) is 13.0. The molecule has 7 rings (SSSR count). The van der Waals surface area contributed by atoms with E-state index in [9.17, 15) is 9.59 Å². The van der Waals surface area contributed by atoms with Crippen molar-refractivity contribution in [3.63, 3.8) is 0 Å². The highest BCUT2D eigenvalue weighted by Gasteiger charge is 2.30. The van der Waals surface area contributed by atoms with Gasteiger partial charge in [0.05, 0.1) is 18.7 Å². The van der Waals surface area contributed by atoms with Crippen LogP contribution in [0.4, 0.5) is 10.2 Å². The molecule has 2 fully saturated rings. The summed E-state index contributed by atoms with van der Waals surface area (Å²) in [7, 11) is 1.59. The number of fused-ring (bicyclic) bond motifs is 1. The molecule has 2 aliphatic heterocycles. The Kier molecular flexibility index (Phi) is 9.80. The number of pyridine rings is 1. The van der Waals surface area contributed by atoms with Gasteiger partial charge in [0.2, 0.25) is 5.91 Å². The molecule has 12 nitrogen and oxygen atoms in total. The van der Waals surface area contributed by atoms with Crippen LogP contribution in [0.25, 0.3) is 27.6 Å². The number of nitrogens with one attached hydrogen (secondary N) is 1. The van der Waals surface area contributed by atoms with E-state index >= 15 is 4.39 Å². The molecule has 1 saturated heterocycles. The number of aromatic amines is 1. The average Bonchev–Trinajstić information content (AvgIpc) is 3.87. The number of benzene rings is 2. The highest BCUT2D eigenvalue weighted by molar-refractivity contribution is 6.05. The van der Waals surface area contributed by atoms with Crippen molar-refractivity contribution in [1.29, 1.82) is 0 Å². The predicted octanol–water partition coefficient (Wildman–Crippen LogP) is 4.49. The van der Waals surface area contributed by atoms with Gasteiger partial charge in [-0.25, -0.2) is 15.2 Å². The van der Waals surface area contributed by atoms with Crippen LogP contribution in [-0.2, 0) is 4.79 Å². The van der Waals surface area contributed by atoms with Crippen LogP contribution in [0.15, 0.2) is 73.2 Å². The Morgan fingerprint density at radius 2 is 1.80 bits per heavy atom. The Balaban J connectivity index is 1.16. The maximum absolute atomic E-state index is 16.7. The summed E-state index contributed by atoms with van der Waals surface area (Å²) in [5, 5.41) is 1.93. The lowest BCUT2D eigenvalue weighted by molar-refractivity contribution is -0.130. The highest BCUT2D eigenvalue weighted by atomic mass is 19.1. The molecule has 51 heavy (non-hydrogen) atoms. The van der Waals surface area contributed by atoms with Gasteiger partial charge < -0.3 is 39.9 Å². The highest BCUT2D eigenvalue weighted by Crippen LogP contribution is 2.40. The standard InChI is InChI=1S/C38H43FN8O4/c1-50-32-8-3-2-7-27(32)29-22-28(25-6-5-15-46(24-25)34(48)12-16-47(41)17-13-40)35(39)36-30(29)23-31(43-36)38(49)45-20-18-44(19-21-45)37-33(9-4-14-42-37)51-26-10-11-26/h2-4,6-9,13-14,17,22-23,26,43H,5,10-12,15-16,18-21,24,40-41H2,1H3/b17-13-. The number of carbonyl (C=O) groups is 2. The molecule has 2 amide bonds. The molecular formula is C38H43FN8O4. The maximum Gasteiger partial charge on any atom is 0.270 e. The average molecular weight is 695 g/mol. The fraction of sp³-hybridized carbons (Fsp3) is 0.342. The summed E-state index contributed by atoms with van der Waals surface area (Å²) in [5.41, 5.74) is 8.46. The molecule has 266 valence electrons. The number of amides is 2. The van der Waals surface area contributed by atoms with Gasteiger partial charge in [0.15, 0.2) is 17.4 Å². The SMILES string of the molecule is COc1ccccc1-c1cc(C2=CCCN(C(=O)CCN(N)/C=C\N)C2)c(F)c2[nH]c(C(=O)N3CCN(c4ncccc4OC4CC4)CC3)cc12. The summed E-state index contributed by atoms with van der Waals surface area (Å²) in [6.45, 7) is 3.19. The van der Waals surface area contributed by atoms with Crippen LogP contribution < -0.4 is 25.9 Å². The fourth-order valence-corrected chi connectivity index (χ4v) is 6.79. The van der Waals surface area contributed by atoms with Crippen molar-refractivity contribution in [3.05, 3.63) is 90.3 Å². The second kappa shape index (κ2) is 14.7. The lowest BCUT2D eigenvalue weighted by Gasteiger charge is -2.35. The number of H-pyrrole nitrogens is 1. The van der Waals surface area contributed by atoms with Crippen molar-refractivity contribution < 1.29 is 23.5 Å². The van der Waals surface area contributed by atoms with E-state index in [1.165, 1.54) is 17.4 Å². The Hall–Kier alpha value is -5.56. The van der Waals surface area contributed by atoms with Crippen LogP contribution in [0.2, 0.25) is 0 Å². The number of ether oxygens (including phenoxy) is 2. The Morgan fingerprint density at radius 3 is 2.57 bits per heavy atom. The van der Waals surface area contributed by atoms with E-state index in [4.69, 9.17) is 21.1 Å². The molecule has 1 saturated carbocycles. The molecule has 0 atom stereocenters. The minimum Gasteiger partial charge on any atom is -0.496 e. The van der Waals surface area contributed by atoms with Gasteiger partial charge in [0, 0.05) is 87.3 Å². The molecule has 5 N–H and O–H groups in total. The number of nitrogens with two attached hydrogens (primary N) is 2. The van der Waals surface area contributed by atoms with Gasteiger partial charge in [-0.3, -0.25) is 9.59 Å². The van der Waals surface area contributed by atoms with E-state index in [0.29, 0.717) is 79.2 Å². The van der Waals surface area contributed by atoms with Crippen LogP contribution in [0, 0.1) is 5.82 Å². The van der Waals surface area contributed by atoms with Crippen LogP contribution in [0.1, 0.15) is 41.7 Å². The number of carbonyl (C=O) groups excluding carboxylic acids is 2. The first-order chi connectivity index (χ1) is 24.8. The lowest BCUT2D eigenvalue weighted by Crippen LogP contribution is -2.49. The molecule has 3 aliphatic rings. The number of nitrogens with zero attached hydrogens (tertiary/aromatic N) is 5. The van der Waals surface area contributed by atoms with Crippen LogP contribution in [-0.4, -0.2) is 95.6 Å². The first-order valence-corrected chi connectivity index (χ1v) is 17.4. The zero-order valence-corrected chi connectivity index (χ0v) is 28.7. The smallest absolute Gasteiger partial charge is 0.270 e. The number of methoxy groups -OCH3 is 1. The maximum atomic E-state index is 16.7. The fourth-order valence-electron chi connectivity index (χ4n) is 6.79. The van der Waals surface area contributed by atoms with Gasteiger partial charge in [-0.2, -0.15) is 0 Å². The number of hydrazine groups is 1. The molecule has 0 spiro atoms. The Morgan fingerprint density at radius 1 is 1.02 bits per heavy atom. The third-order valence-corrected chi connectivity index (χ3v) is 9.63. The topological polar surface area (TPSA) is 146 Å². The van der Waals surface area contributed by atoms with E-state index in [-0.39, 0.29) is 36.4 Å². The molecule has 0 bridgehead atoms. The van der Waals surface area contributed by atoms with E-state index in [1.54, 1.807) is 35.2 Å². The van der Waals surface area contributed by atoms with Gasteiger partial charge in [-0.15, -0.1) is 0 Å². The van der Waals surface area contributed by atoms with E-state index in [0.717, 1.165) is 30.0 Å². The molecule has 0 unspecified atom stereocenters. The minimum absolute atomic E-state index is 0.0875. The molecule has 1 aliphatic carbocycles. The number of para-hydroxylation sites is 1. The van der Waals surface area contributed by atoms with Crippen molar-refractivity contribution in [3.8, 4) is 22.6 Å². The van der Waals surface area contributed by atoms with Gasteiger partial charge in [0.25, 0.3) is 5.91 Å². The summed E-state index contributed by atoms with van der Waals surface area (Å²) >= 11 is 0. The summed E-state index contributed by atoms with van der Waals surface area (Å²) in [5.74, 6) is 7.26. The van der Waals surface area contributed by atoms with Crippen LogP contribution in [0.5, 0.6) is 11.5 Å². The third kappa shape index (κ3) is 7.20. The Bertz CT molecular complexity index is 1980. The number of aromatic nitrogens is 2. The number of piperazine rings is 1. The number of hydrogen-bond acceptors (Lipinski definition) is 9. The zero-order chi connectivity index (χ0) is 35.5. The molecule has 13 heteroatoms. The molecule has 4 heterocycles. The second-order valence-electron chi connectivity index (χ2n) is 13.0. The third-order valence-electron chi connectivity index (χ3n) is 9.63. The van der Waals surface area contributed by atoms with Gasteiger partial charge in [0.1, 0.15) is 11.4 Å². The van der Waals surface area contributed by atoms with Gasteiger partial charge in [-0.1, -0.05) is 24.3 Å². The predicted molar refractivity (Wildman–Crippen MR) is 194 cm³/mol. The zero-order valence-electron chi connectivity index (χ0n) is 28.7. The molecule has 2 aromatic carbocycles. The number of halogens is 1. The first-order valence-electron chi connectivity index (χ1n) is 17.4.